The summed E-state index contributed by atoms with van der Waals surface area (Å²) < 4.78 is 9.21. The zero-order valence-corrected chi connectivity index (χ0v) is 13.5. The van der Waals surface area contributed by atoms with Crippen LogP contribution in [0.5, 0.6) is 0 Å². The average molecular weight is 328 g/mol. The summed E-state index contributed by atoms with van der Waals surface area (Å²) in [5.74, 6) is 0.565. The third-order valence-electron chi connectivity index (χ3n) is 3.30. The molecule has 0 unspecified atom stereocenters. The van der Waals surface area contributed by atoms with Gasteiger partial charge in [0, 0.05) is 12.7 Å². The molecule has 0 aliphatic rings. The first-order chi connectivity index (χ1) is 11.3. The van der Waals surface area contributed by atoms with Crippen LogP contribution in [0.25, 0.3) is 11.5 Å². The minimum Gasteiger partial charge on any atom is -0.463 e. The lowest BCUT2D eigenvalue weighted by atomic mass is 10.2. The lowest BCUT2D eigenvalue weighted by Gasteiger charge is -2.05. The Morgan fingerprint density at radius 1 is 1.39 bits per heavy atom. The number of hydrogen-bond acceptors (Lipinski definition) is 6. The summed E-state index contributed by atoms with van der Waals surface area (Å²) in [6, 6.07) is 7.43. The standard InChI is InChI=1S/C16H16N4O2S/c1-2-4-12-15(23-20-19-12)16(21)18-10-11-6-7-17-13(9-11)14-5-3-8-22-14/h3,5-9H,2,4,10H2,1H3,(H,18,21). The average Bonchev–Trinajstić information content (AvgIpc) is 3.25. The van der Waals surface area contributed by atoms with Crippen molar-refractivity contribution < 1.29 is 9.21 Å². The van der Waals surface area contributed by atoms with Gasteiger partial charge >= 0.3 is 0 Å². The first kappa shape index (κ1) is 15.4. The van der Waals surface area contributed by atoms with Gasteiger partial charge in [-0.3, -0.25) is 9.78 Å². The van der Waals surface area contributed by atoms with Gasteiger partial charge in [0.2, 0.25) is 0 Å². The van der Waals surface area contributed by atoms with Gasteiger partial charge in [0.1, 0.15) is 10.6 Å². The number of pyridine rings is 1. The first-order valence-corrected chi connectivity index (χ1v) is 8.13. The number of aryl methyl sites for hydroxylation is 1. The summed E-state index contributed by atoms with van der Waals surface area (Å²) in [6.45, 7) is 2.46. The van der Waals surface area contributed by atoms with Crippen molar-refractivity contribution in [1.82, 2.24) is 19.9 Å². The second-order valence-corrected chi connectivity index (χ2v) is 5.76. The van der Waals surface area contributed by atoms with Crippen LogP contribution in [0, 0.1) is 0 Å². The second kappa shape index (κ2) is 7.15. The Hall–Kier alpha value is -2.54. The van der Waals surface area contributed by atoms with Crippen molar-refractivity contribution in [3.8, 4) is 11.5 Å². The molecule has 3 rings (SSSR count). The molecule has 118 valence electrons. The van der Waals surface area contributed by atoms with Crippen LogP contribution < -0.4 is 5.32 Å². The Morgan fingerprint density at radius 2 is 2.30 bits per heavy atom. The molecule has 0 aliphatic carbocycles. The number of amides is 1. The van der Waals surface area contributed by atoms with Gasteiger partial charge in [0.05, 0.1) is 12.0 Å². The molecular weight excluding hydrogens is 312 g/mol. The lowest BCUT2D eigenvalue weighted by Crippen LogP contribution is -2.23. The van der Waals surface area contributed by atoms with Gasteiger partial charge in [-0.25, -0.2) is 0 Å². The number of rotatable bonds is 6. The van der Waals surface area contributed by atoms with E-state index in [0.29, 0.717) is 17.2 Å². The summed E-state index contributed by atoms with van der Waals surface area (Å²) >= 11 is 1.13. The van der Waals surface area contributed by atoms with Crippen molar-refractivity contribution >= 4 is 17.4 Å². The normalized spacial score (nSPS) is 10.7. The van der Waals surface area contributed by atoms with E-state index >= 15 is 0 Å². The summed E-state index contributed by atoms with van der Waals surface area (Å²) in [4.78, 5) is 17.1. The quantitative estimate of drug-likeness (QED) is 0.752. The fourth-order valence-electron chi connectivity index (χ4n) is 2.19. The third kappa shape index (κ3) is 3.62. The number of carbonyl (C=O) groups excluding carboxylic acids is 1. The summed E-state index contributed by atoms with van der Waals surface area (Å²) in [7, 11) is 0. The summed E-state index contributed by atoms with van der Waals surface area (Å²) in [6.07, 6.45) is 5.01. The van der Waals surface area contributed by atoms with E-state index in [0.717, 1.165) is 41.3 Å². The molecule has 23 heavy (non-hydrogen) atoms. The number of hydrogen-bond donors (Lipinski definition) is 1. The summed E-state index contributed by atoms with van der Waals surface area (Å²) in [5.41, 5.74) is 2.46. The van der Waals surface area contributed by atoms with Gasteiger partial charge in [-0.15, -0.1) is 5.10 Å². The van der Waals surface area contributed by atoms with Crippen LogP contribution in [0.3, 0.4) is 0 Å². The maximum Gasteiger partial charge on any atom is 0.265 e. The predicted octanol–water partition coefficient (Wildman–Crippen LogP) is 3.08. The number of nitrogens with one attached hydrogen (secondary N) is 1. The van der Waals surface area contributed by atoms with Gasteiger partial charge in [-0.05, 0) is 47.8 Å². The molecule has 0 fully saturated rings. The lowest BCUT2D eigenvalue weighted by molar-refractivity contribution is 0.0954. The highest BCUT2D eigenvalue weighted by Crippen LogP contribution is 2.18. The smallest absolute Gasteiger partial charge is 0.265 e. The monoisotopic (exact) mass is 328 g/mol. The maximum absolute atomic E-state index is 12.3. The molecule has 1 amide bonds. The highest BCUT2D eigenvalue weighted by Gasteiger charge is 2.15. The Morgan fingerprint density at radius 3 is 3.09 bits per heavy atom. The van der Waals surface area contributed by atoms with Crippen molar-refractivity contribution in [2.75, 3.05) is 0 Å². The topological polar surface area (TPSA) is 80.9 Å². The minimum absolute atomic E-state index is 0.139. The van der Waals surface area contributed by atoms with Gasteiger partial charge in [-0.2, -0.15) is 0 Å². The zero-order valence-electron chi connectivity index (χ0n) is 12.7. The van der Waals surface area contributed by atoms with Crippen molar-refractivity contribution in [3.63, 3.8) is 0 Å². The molecule has 0 saturated carbocycles. The Bertz CT molecular complexity index is 783. The molecule has 7 heteroatoms. The molecule has 0 saturated heterocycles. The molecule has 3 aromatic heterocycles. The Balaban J connectivity index is 1.67. The number of carbonyl (C=O) groups is 1. The molecule has 6 nitrogen and oxygen atoms in total. The van der Waals surface area contributed by atoms with Crippen molar-refractivity contribution in [3.05, 3.63) is 52.9 Å². The zero-order chi connectivity index (χ0) is 16.1. The number of nitrogens with zero attached hydrogens (tertiary/aromatic N) is 3. The van der Waals surface area contributed by atoms with E-state index in [1.807, 2.05) is 31.2 Å². The largest absolute Gasteiger partial charge is 0.463 e. The molecule has 0 aliphatic heterocycles. The maximum atomic E-state index is 12.3. The SMILES string of the molecule is CCCc1nnsc1C(=O)NCc1ccnc(-c2ccco2)c1. The van der Waals surface area contributed by atoms with Crippen LogP contribution >= 0.6 is 11.5 Å². The van der Waals surface area contributed by atoms with Crippen LogP contribution in [-0.4, -0.2) is 20.5 Å². The fraction of sp³-hybridized carbons (Fsp3) is 0.250. The van der Waals surface area contributed by atoms with Crippen LogP contribution in [0.4, 0.5) is 0 Å². The molecule has 0 aromatic carbocycles. The second-order valence-electron chi connectivity index (χ2n) is 5.01. The number of furan rings is 1. The number of aromatic nitrogens is 3. The molecule has 0 atom stereocenters. The van der Waals surface area contributed by atoms with E-state index in [-0.39, 0.29) is 5.91 Å². The molecule has 0 radical (unpaired) electrons. The molecule has 3 heterocycles. The molecular formula is C16H16N4O2S. The van der Waals surface area contributed by atoms with Gasteiger partial charge < -0.3 is 9.73 Å². The van der Waals surface area contributed by atoms with Crippen LogP contribution in [0.1, 0.15) is 34.3 Å². The van der Waals surface area contributed by atoms with Crippen LogP contribution in [0.2, 0.25) is 0 Å². The van der Waals surface area contributed by atoms with Gasteiger partial charge in [-0.1, -0.05) is 17.8 Å². The van der Waals surface area contributed by atoms with Crippen molar-refractivity contribution in [2.24, 2.45) is 0 Å². The predicted molar refractivity (Wildman–Crippen MR) is 87.0 cm³/mol. The molecule has 1 N–H and O–H groups in total. The van der Waals surface area contributed by atoms with E-state index in [1.165, 1.54) is 0 Å². The van der Waals surface area contributed by atoms with Crippen molar-refractivity contribution in [2.45, 2.75) is 26.3 Å². The van der Waals surface area contributed by atoms with E-state index in [1.54, 1.807) is 12.5 Å². The van der Waals surface area contributed by atoms with Gasteiger partial charge in [0.15, 0.2) is 5.76 Å². The first-order valence-electron chi connectivity index (χ1n) is 7.36. The van der Waals surface area contributed by atoms with E-state index in [9.17, 15) is 4.79 Å². The van der Waals surface area contributed by atoms with Crippen LogP contribution in [0.15, 0.2) is 41.1 Å². The fourth-order valence-corrected chi connectivity index (χ4v) is 2.81. The van der Waals surface area contributed by atoms with Crippen molar-refractivity contribution in [1.29, 1.82) is 0 Å². The van der Waals surface area contributed by atoms with Crippen LogP contribution in [-0.2, 0) is 13.0 Å². The highest BCUT2D eigenvalue weighted by atomic mass is 32.1. The highest BCUT2D eigenvalue weighted by molar-refractivity contribution is 7.08. The minimum atomic E-state index is -0.139. The third-order valence-corrected chi connectivity index (χ3v) is 4.07. The molecule has 3 aromatic rings. The van der Waals surface area contributed by atoms with Gasteiger partial charge in [0.25, 0.3) is 5.91 Å². The Kier molecular flexibility index (Phi) is 4.77. The molecule has 0 bridgehead atoms. The van der Waals surface area contributed by atoms with E-state index in [4.69, 9.17) is 4.42 Å². The molecule has 0 spiro atoms. The van der Waals surface area contributed by atoms with E-state index in [2.05, 4.69) is 19.9 Å². The van der Waals surface area contributed by atoms with E-state index < -0.39 is 0 Å². The Labute approximate surface area is 137 Å². The summed E-state index contributed by atoms with van der Waals surface area (Å²) in [5, 5.41) is 6.92.